The van der Waals surface area contributed by atoms with Crippen molar-refractivity contribution in [2.45, 2.75) is 33.0 Å². The SMILES string of the molecule is Cc1nn(C)cc1C(C)NCc1ccc(CO)cc1. The van der Waals surface area contributed by atoms with Gasteiger partial charge in [-0.2, -0.15) is 5.10 Å². The molecule has 0 saturated carbocycles. The van der Waals surface area contributed by atoms with Gasteiger partial charge in [-0.15, -0.1) is 0 Å². The molecule has 2 N–H and O–H groups in total. The second kappa shape index (κ2) is 5.99. The van der Waals surface area contributed by atoms with E-state index in [1.54, 1.807) is 0 Å². The maximum atomic E-state index is 9.00. The van der Waals surface area contributed by atoms with Crippen LogP contribution in [0.5, 0.6) is 0 Å². The maximum absolute atomic E-state index is 9.00. The maximum Gasteiger partial charge on any atom is 0.0681 e. The molecule has 0 spiro atoms. The van der Waals surface area contributed by atoms with Crippen LogP contribution >= 0.6 is 0 Å². The number of nitrogens with one attached hydrogen (secondary N) is 1. The molecule has 4 heteroatoms. The molecule has 0 amide bonds. The molecule has 0 radical (unpaired) electrons. The molecule has 1 aromatic carbocycles. The third-order valence-corrected chi connectivity index (χ3v) is 3.34. The van der Waals surface area contributed by atoms with Crippen molar-refractivity contribution in [1.29, 1.82) is 0 Å². The summed E-state index contributed by atoms with van der Waals surface area (Å²) in [6, 6.07) is 8.27. The molecular weight excluding hydrogens is 238 g/mol. The van der Waals surface area contributed by atoms with Gasteiger partial charge in [0.05, 0.1) is 12.3 Å². The molecule has 0 saturated heterocycles. The zero-order valence-electron chi connectivity index (χ0n) is 11.7. The monoisotopic (exact) mass is 259 g/mol. The number of rotatable bonds is 5. The molecule has 0 fully saturated rings. The van der Waals surface area contributed by atoms with Gasteiger partial charge in [0.1, 0.15) is 0 Å². The van der Waals surface area contributed by atoms with Crippen molar-refractivity contribution in [2.24, 2.45) is 7.05 Å². The van der Waals surface area contributed by atoms with Crippen LogP contribution in [-0.2, 0) is 20.2 Å². The van der Waals surface area contributed by atoms with E-state index in [0.717, 1.165) is 17.8 Å². The van der Waals surface area contributed by atoms with E-state index in [2.05, 4.69) is 23.5 Å². The van der Waals surface area contributed by atoms with E-state index in [9.17, 15) is 0 Å². The van der Waals surface area contributed by atoms with Crippen LogP contribution in [0.1, 0.15) is 35.3 Å². The topological polar surface area (TPSA) is 50.1 Å². The third-order valence-electron chi connectivity index (χ3n) is 3.34. The number of aliphatic hydroxyl groups excluding tert-OH is 1. The van der Waals surface area contributed by atoms with Crippen molar-refractivity contribution in [1.82, 2.24) is 15.1 Å². The first-order valence-corrected chi connectivity index (χ1v) is 6.52. The fraction of sp³-hybridized carbons (Fsp3) is 0.400. The average Bonchev–Trinajstić information content (AvgIpc) is 2.75. The summed E-state index contributed by atoms with van der Waals surface area (Å²) in [4.78, 5) is 0. The lowest BCUT2D eigenvalue weighted by Gasteiger charge is -2.13. The Balaban J connectivity index is 1.96. The second-order valence-electron chi connectivity index (χ2n) is 4.92. The Bertz CT molecular complexity index is 531. The first-order chi connectivity index (χ1) is 9.10. The van der Waals surface area contributed by atoms with Crippen molar-refractivity contribution < 1.29 is 5.11 Å². The molecule has 19 heavy (non-hydrogen) atoms. The largest absolute Gasteiger partial charge is 0.392 e. The number of nitrogens with zero attached hydrogens (tertiary/aromatic N) is 2. The number of aryl methyl sites for hydroxylation is 2. The number of aliphatic hydroxyl groups is 1. The van der Waals surface area contributed by atoms with E-state index in [1.165, 1.54) is 11.1 Å². The molecule has 4 nitrogen and oxygen atoms in total. The highest BCUT2D eigenvalue weighted by Gasteiger charge is 2.10. The van der Waals surface area contributed by atoms with Crippen molar-refractivity contribution in [3.63, 3.8) is 0 Å². The van der Waals surface area contributed by atoms with Crippen LogP contribution in [0.15, 0.2) is 30.5 Å². The summed E-state index contributed by atoms with van der Waals surface area (Å²) in [6.45, 7) is 5.08. The zero-order valence-corrected chi connectivity index (χ0v) is 11.7. The van der Waals surface area contributed by atoms with Crippen LogP contribution in [0, 0.1) is 6.92 Å². The minimum absolute atomic E-state index is 0.0962. The van der Waals surface area contributed by atoms with Gasteiger partial charge in [0.15, 0.2) is 0 Å². The summed E-state index contributed by atoms with van der Waals surface area (Å²) in [6.07, 6.45) is 2.06. The lowest BCUT2D eigenvalue weighted by Crippen LogP contribution is -2.18. The van der Waals surface area contributed by atoms with Gasteiger partial charge in [0.2, 0.25) is 0 Å². The fourth-order valence-corrected chi connectivity index (χ4v) is 2.19. The average molecular weight is 259 g/mol. The first-order valence-electron chi connectivity index (χ1n) is 6.52. The van der Waals surface area contributed by atoms with Gasteiger partial charge in [0, 0.05) is 31.4 Å². The highest BCUT2D eigenvalue weighted by molar-refractivity contribution is 5.23. The van der Waals surface area contributed by atoms with Crippen LogP contribution in [0.4, 0.5) is 0 Å². The van der Waals surface area contributed by atoms with Gasteiger partial charge in [0.25, 0.3) is 0 Å². The van der Waals surface area contributed by atoms with Crippen LogP contribution in [-0.4, -0.2) is 14.9 Å². The lowest BCUT2D eigenvalue weighted by molar-refractivity contribution is 0.282. The molecule has 1 atom stereocenters. The first kappa shape index (κ1) is 13.8. The number of aromatic nitrogens is 2. The molecular formula is C15H21N3O. The van der Waals surface area contributed by atoms with Crippen molar-refractivity contribution in [3.8, 4) is 0 Å². The predicted molar refractivity (Wildman–Crippen MR) is 75.6 cm³/mol. The number of hydrogen-bond donors (Lipinski definition) is 2. The molecule has 102 valence electrons. The Morgan fingerprint density at radius 1 is 1.26 bits per heavy atom. The van der Waals surface area contributed by atoms with Crippen LogP contribution in [0.25, 0.3) is 0 Å². The quantitative estimate of drug-likeness (QED) is 0.864. The van der Waals surface area contributed by atoms with E-state index in [4.69, 9.17) is 5.11 Å². The Morgan fingerprint density at radius 2 is 1.89 bits per heavy atom. The molecule has 0 bridgehead atoms. The molecule has 1 heterocycles. The van der Waals surface area contributed by atoms with Crippen molar-refractivity contribution in [3.05, 3.63) is 52.8 Å². The van der Waals surface area contributed by atoms with Gasteiger partial charge in [-0.1, -0.05) is 24.3 Å². The molecule has 1 unspecified atom stereocenters. The normalized spacial score (nSPS) is 12.6. The Hall–Kier alpha value is -1.65. The van der Waals surface area contributed by atoms with Gasteiger partial charge < -0.3 is 10.4 Å². The number of benzene rings is 1. The standard InChI is InChI=1S/C15H21N3O/c1-11(15-9-18(3)17-12(15)2)16-8-13-4-6-14(10-19)7-5-13/h4-7,9,11,16,19H,8,10H2,1-3H3. The Kier molecular flexibility index (Phi) is 4.35. The van der Waals surface area contributed by atoms with Crippen molar-refractivity contribution >= 4 is 0 Å². The van der Waals surface area contributed by atoms with E-state index < -0.39 is 0 Å². The predicted octanol–water partition coefficient (Wildman–Crippen LogP) is 2.07. The highest BCUT2D eigenvalue weighted by atomic mass is 16.3. The van der Waals surface area contributed by atoms with E-state index in [1.807, 2.05) is 42.9 Å². The lowest BCUT2D eigenvalue weighted by atomic mass is 10.1. The van der Waals surface area contributed by atoms with E-state index in [0.29, 0.717) is 0 Å². The summed E-state index contributed by atoms with van der Waals surface area (Å²) in [5, 5.41) is 16.9. The molecule has 1 aromatic heterocycles. The van der Waals surface area contributed by atoms with Gasteiger partial charge >= 0.3 is 0 Å². The highest BCUT2D eigenvalue weighted by Crippen LogP contribution is 2.16. The van der Waals surface area contributed by atoms with E-state index >= 15 is 0 Å². The minimum Gasteiger partial charge on any atom is -0.392 e. The minimum atomic E-state index is 0.0962. The molecule has 2 rings (SSSR count). The molecule has 2 aromatic rings. The molecule has 0 aliphatic carbocycles. The van der Waals surface area contributed by atoms with Gasteiger partial charge in [-0.3, -0.25) is 4.68 Å². The van der Waals surface area contributed by atoms with E-state index in [-0.39, 0.29) is 12.6 Å². The Morgan fingerprint density at radius 3 is 2.42 bits per heavy atom. The summed E-state index contributed by atoms with van der Waals surface area (Å²) in [7, 11) is 1.94. The smallest absolute Gasteiger partial charge is 0.0681 e. The number of hydrogen-bond acceptors (Lipinski definition) is 3. The second-order valence-corrected chi connectivity index (χ2v) is 4.92. The van der Waals surface area contributed by atoms with Crippen molar-refractivity contribution in [2.75, 3.05) is 0 Å². The molecule has 0 aliphatic rings. The third kappa shape index (κ3) is 3.43. The van der Waals surface area contributed by atoms with Crippen LogP contribution in [0.3, 0.4) is 0 Å². The molecule has 0 aliphatic heterocycles. The zero-order chi connectivity index (χ0) is 13.8. The van der Waals surface area contributed by atoms with Crippen LogP contribution < -0.4 is 5.32 Å². The fourth-order valence-electron chi connectivity index (χ4n) is 2.19. The Labute approximate surface area is 114 Å². The van der Waals surface area contributed by atoms with Gasteiger partial charge in [-0.05, 0) is 25.0 Å². The van der Waals surface area contributed by atoms with Gasteiger partial charge in [-0.25, -0.2) is 0 Å². The van der Waals surface area contributed by atoms with Crippen LogP contribution in [0.2, 0.25) is 0 Å². The summed E-state index contributed by atoms with van der Waals surface area (Å²) < 4.78 is 1.85. The summed E-state index contributed by atoms with van der Waals surface area (Å²) >= 11 is 0. The summed E-state index contributed by atoms with van der Waals surface area (Å²) in [5.41, 5.74) is 4.46. The summed E-state index contributed by atoms with van der Waals surface area (Å²) in [5.74, 6) is 0.